The Bertz CT molecular complexity index is 387. The fraction of sp³-hybridized carbons (Fsp3) is 0.727. The lowest BCUT2D eigenvalue weighted by Crippen LogP contribution is -2.23. The van der Waals surface area contributed by atoms with Gasteiger partial charge in [0.1, 0.15) is 5.69 Å². The molecule has 0 aliphatic heterocycles. The minimum Gasteiger partial charge on any atom is -0.476 e. The third-order valence-electron chi connectivity index (χ3n) is 3.84. The van der Waals surface area contributed by atoms with Crippen molar-refractivity contribution in [2.75, 3.05) is 0 Å². The van der Waals surface area contributed by atoms with E-state index < -0.39 is 5.97 Å². The molecule has 2 aliphatic rings. The van der Waals surface area contributed by atoms with Crippen molar-refractivity contribution in [2.45, 2.75) is 50.5 Å². The van der Waals surface area contributed by atoms with Crippen LogP contribution in [0.1, 0.15) is 66.7 Å². The predicted molar refractivity (Wildman–Crippen MR) is 56.5 cm³/mol. The summed E-state index contributed by atoms with van der Waals surface area (Å²) in [5.41, 5.74) is 1.06. The number of hydrogen-bond donors (Lipinski definition) is 1. The monoisotopic (exact) mass is 221 g/mol. The van der Waals surface area contributed by atoms with E-state index in [2.05, 4.69) is 10.3 Å². The van der Waals surface area contributed by atoms with E-state index in [1.165, 1.54) is 12.8 Å². The van der Waals surface area contributed by atoms with E-state index in [9.17, 15) is 9.90 Å². The van der Waals surface area contributed by atoms with Crippen molar-refractivity contribution in [1.29, 1.82) is 0 Å². The van der Waals surface area contributed by atoms with Gasteiger partial charge in [-0.25, -0.2) is 9.48 Å². The number of carboxylic acids is 1. The van der Waals surface area contributed by atoms with Crippen molar-refractivity contribution in [3.05, 3.63) is 11.4 Å². The van der Waals surface area contributed by atoms with E-state index in [1.807, 2.05) is 0 Å². The average Bonchev–Trinajstić information content (AvgIpc) is 2.42. The third-order valence-corrected chi connectivity index (χ3v) is 3.84. The first-order valence-electron chi connectivity index (χ1n) is 5.95. The Morgan fingerprint density at radius 3 is 2.38 bits per heavy atom. The summed E-state index contributed by atoms with van der Waals surface area (Å²) in [6.07, 6.45) is 6.54. The summed E-state index contributed by atoms with van der Waals surface area (Å²) in [7, 11) is 0. The summed E-state index contributed by atoms with van der Waals surface area (Å²) in [6, 6.07) is 0.271. The first-order valence-corrected chi connectivity index (χ1v) is 5.95. The number of aromatic nitrogens is 3. The average molecular weight is 221 g/mol. The van der Waals surface area contributed by atoms with Gasteiger partial charge in [0.2, 0.25) is 0 Å². The molecule has 5 nitrogen and oxygen atoms in total. The van der Waals surface area contributed by atoms with Gasteiger partial charge >= 0.3 is 5.97 Å². The Morgan fingerprint density at radius 2 is 1.94 bits per heavy atom. The second-order valence-electron chi connectivity index (χ2n) is 4.79. The molecule has 2 fully saturated rings. The number of aromatic carboxylic acids is 1. The minimum absolute atomic E-state index is 0.271. The maximum atomic E-state index is 11.3. The number of rotatable bonds is 3. The van der Waals surface area contributed by atoms with Gasteiger partial charge in [0.15, 0.2) is 5.69 Å². The minimum atomic E-state index is -0.876. The maximum absolute atomic E-state index is 11.3. The first kappa shape index (κ1) is 9.81. The lowest BCUT2D eigenvalue weighted by atomic mass is 9.82. The molecular formula is C11H15N3O2. The van der Waals surface area contributed by atoms with Crippen LogP contribution in [0.4, 0.5) is 0 Å². The van der Waals surface area contributed by atoms with Crippen LogP contribution in [0.15, 0.2) is 0 Å². The van der Waals surface area contributed by atoms with Crippen molar-refractivity contribution in [1.82, 2.24) is 15.0 Å². The van der Waals surface area contributed by atoms with E-state index in [1.54, 1.807) is 4.68 Å². The van der Waals surface area contributed by atoms with E-state index in [-0.39, 0.29) is 6.04 Å². The van der Waals surface area contributed by atoms with Crippen molar-refractivity contribution >= 4 is 5.97 Å². The van der Waals surface area contributed by atoms with Gasteiger partial charge in [0, 0.05) is 5.92 Å². The van der Waals surface area contributed by atoms with Crippen LogP contribution >= 0.6 is 0 Å². The second kappa shape index (κ2) is 3.57. The molecule has 2 aliphatic carbocycles. The molecule has 1 heterocycles. The van der Waals surface area contributed by atoms with E-state index in [0.29, 0.717) is 17.3 Å². The molecule has 0 atom stereocenters. The summed E-state index contributed by atoms with van der Waals surface area (Å²) >= 11 is 0. The summed E-state index contributed by atoms with van der Waals surface area (Å²) in [5, 5.41) is 17.4. The van der Waals surface area contributed by atoms with E-state index >= 15 is 0 Å². The molecule has 0 bridgehead atoms. The van der Waals surface area contributed by atoms with Crippen LogP contribution in [0.25, 0.3) is 0 Å². The molecule has 3 rings (SSSR count). The van der Waals surface area contributed by atoms with E-state index in [4.69, 9.17) is 0 Å². The van der Waals surface area contributed by atoms with Crippen LogP contribution in [0.5, 0.6) is 0 Å². The zero-order valence-electron chi connectivity index (χ0n) is 9.09. The molecule has 0 saturated heterocycles. The smallest absolute Gasteiger partial charge is 0.356 e. The third kappa shape index (κ3) is 1.34. The van der Waals surface area contributed by atoms with Crippen LogP contribution in [0.2, 0.25) is 0 Å². The van der Waals surface area contributed by atoms with Crippen molar-refractivity contribution in [2.24, 2.45) is 0 Å². The molecule has 2 saturated carbocycles. The first-order chi connectivity index (χ1) is 7.77. The van der Waals surface area contributed by atoms with Crippen LogP contribution in [-0.2, 0) is 0 Å². The zero-order chi connectivity index (χ0) is 11.1. The standard InChI is InChI=1S/C11H15N3O2/c15-11(16)10-9(7-3-1-4-7)12-13-14(10)8-5-2-6-8/h7-8H,1-6H2,(H,15,16). The lowest BCUT2D eigenvalue weighted by molar-refractivity contribution is 0.0672. The second-order valence-corrected chi connectivity index (χ2v) is 4.79. The molecule has 86 valence electrons. The number of carbonyl (C=O) groups is 1. The molecule has 0 aromatic carbocycles. The fourth-order valence-corrected chi connectivity index (χ4v) is 2.36. The summed E-state index contributed by atoms with van der Waals surface area (Å²) < 4.78 is 1.64. The highest BCUT2D eigenvalue weighted by Gasteiger charge is 2.33. The molecule has 1 N–H and O–H groups in total. The molecule has 1 aromatic rings. The van der Waals surface area contributed by atoms with Crippen molar-refractivity contribution in [3.8, 4) is 0 Å². The number of hydrogen-bond acceptors (Lipinski definition) is 3. The Labute approximate surface area is 93.5 Å². The Kier molecular flexibility index (Phi) is 2.19. The van der Waals surface area contributed by atoms with Crippen molar-refractivity contribution < 1.29 is 9.90 Å². The van der Waals surface area contributed by atoms with Crippen molar-refractivity contribution in [3.63, 3.8) is 0 Å². The largest absolute Gasteiger partial charge is 0.476 e. The Hall–Kier alpha value is -1.39. The van der Waals surface area contributed by atoms with Gasteiger partial charge in [-0.05, 0) is 32.1 Å². The molecular weight excluding hydrogens is 206 g/mol. The highest BCUT2D eigenvalue weighted by molar-refractivity contribution is 5.87. The van der Waals surface area contributed by atoms with Crippen LogP contribution in [0, 0.1) is 0 Å². The number of carboxylic acid groups (broad SMARTS) is 1. The van der Waals surface area contributed by atoms with Gasteiger partial charge in [-0.1, -0.05) is 11.6 Å². The van der Waals surface area contributed by atoms with Gasteiger partial charge in [-0.3, -0.25) is 0 Å². The molecule has 0 amide bonds. The summed E-state index contributed by atoms with van der Waals surface area (Å²) in [4.78, 5) is 11.3. The quantitative estimate of drug-likeness (QED) is 0.847. The van der Waals surface area contributed by atoms with Gasteiger partial charge in [-0.15, -0.1) is 5.10 Å². The lowest BCUT2D eigenvalue weighted by Gasteiger charge is -2.27. The fourth-order valence-electron chi connectivity index (χ4n) is 2.36. The molecule has 16 heavy (non-hydrogen) atoms. The van der Waals surface area contributed by atoms with E-state index in [0.717, 1.165) is 25.7 Å². The normalized spacial score (nSPS) is 21.5. The zero-order valence-corrected chi connectivity index (χ0v) is 9.09. The molecule has 5 heteroatoms. The Morgan fingerprint density at radius 1 is 1.25 bits per heavy atom. The van der Waals surface area contributed by atoms with Gasteiger partial charge in [0.05, 0.1) is 6.04 Å². The van der Waals surface area contributed by atoms with Gasteiger partial charge < -0.3 is 5.11 Å². The SMILES string of the molecule is O=C(O)c1c(C2CCC2)nnn1C1CCC1. The molecule has 1 aromatic heterocycles. The summed E-state index contributed by atoms with van der Waals surface area (Å²) in [6.45, 7) is 0. The highest BCUT2D eigenvalue weighted by Crippen LogP contribution is 2.39. The van der Waals surface area contributed by atoms with Crippen LogP contribution in [-0.4, -0.2) is 26.1 Å². The summed E-state index contributed by atoms with van der Waals surface area (Å²) in [5.74, 6) is -0.543. The molecule has 0 radical (unpaired) electrons. The highest BCUT2D eigenvalue weighted by atomic mass is 16.4. The topological polar surface area (TPSA) is 68.0 Å². The maximum Gasteiger partial charge on any atom is 0.356 e. The van der Waals surface area contributed by atoms with Gasteiger partial charge in [0.25, 0.3) is 0 Å². The predicted octanol–water partition coefficient (Wildman–Crippen LogP) is 1.97. The number of nitrogens with zero attached hydrogens (tertiary/aromatic N) is 3. The molecule has 0 spiro atoms. The van der Waals surface area contributed by atoms with Crippen LogP contribution in [0.3, 0.4) is 0 Å². The molecule has 0 unspecified atom stereocenters. The Balaban J connectivity index is 1.97. The van der Waals surface area contributed by atoms with Gasteiger partial charge in [-0.2, -0.15) is 0 Å². The van der Waals surface area contributed by atoms with Crippen LogP contribution < -0.4 is 0 Å².